The van der Waals surface area contributed by atoms with Gasteiger partial charge in [-0.25, -0.2) is 0 Å². The van der Waals surface area contributed by atoms with Gasteiger partial charge >= 0.3 is 10.1 Å². The molecule has 0 rings (SSSR count). The molecule has 0 saturated heterocycles. The van der Waals surface area contributed by atoms with Crippen molar-refractivity contribution in [2.24, 2.45) is 5.90 Å². The van der Waals surface area contributed by atoms with E-state index in [1.807, 2.05) is 0 Å². The van der Waals surface area contributed by atoms with Gasteiger partial charge in [0, 0.05) is 0 Å². The minimum Gasteiger partial charge on any atom is -0.295 e. The number of rotatable bonds is 2. The second-order valence-corrected chi connectivity index (χ2v) is 2.12. The molecule has 5 nitrogen and oxygen atoms in total. The van der Waals surface area contributed by atoms with E-state index in [1.165, 1.54) is 0 Å². The van der Waals surface area contributed by atoms with Crippen molar-refractivity contribution in [2.75, 3.05) is 0 Å². The fourth-order valence-corrected chi connectivity index (χ4v) is 0.0833. The van der Waals surface area contributed by atoms with E-state index in [0.29, 0.717) is 0 Å². The minimum absolute atomic E-state index is 0.118. The van der Waals surface area contributed by atoms with Gasteiger partial charge in [0.2, 0.25) is 0 Å². The molecule has 0 aromatic heterocycles. The molecular formula is CH4N2O3S. The first-order valence-electron chi connectivity index (χ1n) is 1.26. The van der Waals surface area contributed by atoms with Crippen LogP contribution in [0.4, 0.5) is 0 Å². The lowest BCUT2D eigenvalue weighted by Gasteiger charge is -1.84. The Balaban J connectivity index is 4.17. The van der Waals surface area contributed by atoms with Crippen LogP contribution in [0.5, 0.6) is 0 Å². The van der Waals surface area contributed by atoms with Crippen molar-refractivity contribution in [3.63, 3.8) is 0 Å². The molecule has 0 aliphatic rings. The highest BCUT2D eigenvalue weighted by molar-refractivity contribution is 8.00. The number of nitrogens with one attached hydrogen (secondary N) is 1. The van der Waals surface area contributed by atoms with Crippen LogP contribution in [0.25, 0.3) is 0 Å². The molecule has 0 aromatic rings. The molecule has 3 N–H and O–H groups in total. The standard InChI is InChI=1S/CH4N2O3S/c2-1-7(4,5)6-3/h1-2H,3H2. The lowest BCUT2D eigenvalue weighted by Crippen LogP contribution is -2.10. The van der Waals surface area contributed by atoms with Crippen molar-refractivity contribution in [1.82, 2.24) is 0 Å². The highest BCUT2D eigenvalue weighted by Crippen LogP contribution is 1.75. The predicted octanol–water partition coefficient (Wildman–Crippen LogP) is -1.19. The van der Waals surface area contributed by atoms with Crippen LogP contribution in [0.1, 0.15) is 0 Å². The second-order valence-electron chi connectivity index (χ2n) is 0.707. The Morgan fingerprint density at radius 3 is 2.14 bits per heavy atom. The maximum absolute atomic E-state index is 9.78. The monoisotopic (exact) mass is 124 g/mol. The lowest BCUT2D eigenvalue weighted by atomic mass is 11.7. The van der Waals surface area contributed by atoms with Crippen LogP contribution in [-0.4, -0.2) is 14.0 Å². The maximum Gasteiger partial charge on any atom is 0.322 e. The Morgan fingerprint density at radius 2 is 2.14 bits per heavy atom. The van der Waals surface area contributed by atoms with Crippen LogP contribution < -0.4 is 5.90 Å². The average molecular weight is 124 g/mol. The fourth-order valence-electron chi connectivity index (χ4n) is 0.0278. The van der Waals surface area contributed by atoms with Crippen molar-refractivity contribution < 1.29 is 12.7 Å². The molecule has 0 aromatic carbocycles. The second kappa shape index (κ2) is 2.01. The Labute approximate surface area is 40.7 Å². The molecule has 42 valence electrons. The van der Waals surface area contributed by atoms with Gasteiger partial charge in [-0.15, -0.1) is 0 Å². The fraction of sp³-hybridized carbons (Fsp3) is 0. The number of nitrogens with two attached hydrogens (primary N) is 1. The van der Waals surface area contributed by atoms with E-state index in [0.717, 1.165) is 0 Å². The molecule has 0 amide bonds. The van der Waals surface area contributed by atoms with Crippen molar-refractivity contribution in [3.05, 3.63) is 0 Å². The summed E-state index contributed by atoms with van der Waals surface area (Å²) in [7, 11) is -3.84. The van der Waals surface area contributed by atoms with Gasteiger partial charge in [-0.05, 0) is 0 Å². The molecule has 0 aliphatic heterocycles. The van der Waals surface area contributed by atoms with E-state index in [9.17, 15) is 8.42 Å². The minimum atomic E-state index is -3.84. The van der Waals surface area contributed by atoms with Crippen molar-refractivity contribution in [3.8, 4) is 0 Å². The normalized spacial score (nSPS) is 11.0. The van der Waals surface area contributed by atoms with E-state index in [1.54, 1.807) is 0 Å². The Morgan fingerprint density at radius 1 is 1.71 bits per heavy atom. The Hall–Kier alpha value is -0.460. The summed E-state index contributed by atoms with van der Waals surface area (Å²) < 4.78 is 22.9. The van der Waals surface area contributed by atoms with Crippen LogP contribution in [-0.2, 0) is 14.4 Å². The van der Waals surface area contributed by atoms with Gasteiger partial charge in [-0.2, -0.15) is 18.6 Å². The largest absolute Gasteiger partial charge is 0.322 e. The van der Waals surface area contributed by atoms with Crippen LogP contribution in [0.3, 0.4) is 0 Å². The van der Waals surface area contributed by atoms with Crippen LogP contribution in [0.2, 0.25) is 0 Å². The van der Waals surface area contributed by atoms with Crippen LogP contribution in [0, 0.1) is 5.41 Å². The molecular weight excluding hydrogens is 120 g/mol. The SMILES string of the molecule is N=CS(=O)(=O)ON. The first-order chi connectivity index (χ1) is 3.12. The van der Waals surface area contributed by atoms with Crippen LogP contribution in [0.15, 0.2) is 0 Å². The highest BCUT2D eigenvalue weighted by Gasteiger charge is 1.99. The predicted molar refractivity (Wildman–Crippen MR) is 23.0 cm³/mol. The van der Waals surface area contributed by atoms with Gasteiger partial charge in [0.05, 0.1) is 0 Å². The molecule has 0 spiro atoms. The summed E-state index contributed by atoms with van der Waals surface area (Å²) in [6.07, 6.45) is 0. The summed E-state index contributed by atoms with van der Waals surface area (Å²) in [5, 5.41) is 6.09. The molecule has 0 fully saturated rings. The van der Waals surface area contributed by atoms with Gasteiger partial charge in [0.1, 0.15) is 5.55 Å². The lowest BCUT2D eigenvalue weighted by molar-refractivity contribution is 0.343. The quantitative estimate of drug-likeness (QED) is 0.275. The summed E-state index contributed by atoms with van der Waals surface area (Å²) in [6.45, 7) is 0. The van der Waals surface area contributed by atoms with Crippen LogP contribution >= 0.6 is 0 Å². The molecule has 0 radical (unpaired) electrons. The van der Waals surface area contributed by atoms with Gasteiger partial charge in [0.15, 0.2) is 0 Å². The molecule has 0 heterocycles. The first kappa shape index (κ1) is 6.54. The summed E-state index contributed by atoms with van der Waals surface area (Å²) >= 11 is 0. The highest BCUT2D eigenvalue weighted by atomic mass is 32.2. The molecule has 0 bridgehead atoms. The third-order valence-corrected chi connectivity index (χ3v) is 0.835. The van der Waals surface area contributed by atoms with Gasteiger partial charge in [-0.3, -0.25) is 5.41 Å². The first-order valence-corrected chi connectivity index (χ1v) is 2.73. The van der Waals surface area contributed by atoms with Gasteiger partial charge in [0.25, 0.3) is 0 Å². The van der Waals surface area contributed by atoms with Crippen molar-refractivity contribution in [1.29, 1.82) is 5.41 Å². The van der Waals surface area contributed by atoms with E-state index < -0.39 is 10.1 Å². The molecule has 7 heavy (non-hydrogen) atoms. The van der Waals surface area contributed by atoms with Gasteiger partial charge < -0.3 is 0 Å². The van der Waals surface area contributed by atoms with E-state index >= 15 is 0 Å². The zero-order valence-electron chi connectivity index (χ0n) is 3.29. The molecule has 0 unspecified atom stereocenters. The van der Waals surface area contributed by atoms with Crippen molar-refractivity contribution in [2.45, 2.75) is 0 Å². The Kier molecular flexibility index (Phi) is 1.88. The summed E-state index contributed by atoms with van der Waals surface area (Å²) in [6, 6.07) is 0. The maximum atomic E-state index is 9.78. The van der Waals surface area contributed by atoms with Gasteiger partial charge in [-0.1, -0.05) is 0 Å². The van der Waals surface area contributed by atoms with E-state index in [-0.39, 0.29) is 5.55 Å². The molecule has 0 atom stereocenters. The third-order valence-electron chi connectivity index (χ3n) is 0.278. The summed E-state index contributed by atoms with van der Waals surface area (Å²) in [5.74, 6) is 4.18. The van der Waals surface area contributed by atoms with E-state index in [4.69, 9.17) is 5.41 Å². The van der Waals surface area contributed by atoms with Crippen molar-refractivity contribution >= 4 is 15.7 Å². The third kappa shape index (κ3) is 2.26. The molecule has 6 heteroatoms. The molecule has 0 aliphatic carbocycles. The smallest absolute Gasteiger partial charge is 0.295 e. The topological polar surface area (TPSA) is 93.2 Å². The zero-order chi connectivity index (χ0) is 5.91. The zero-order valence-corrected chi connectivity index (χ0v) is 4.10. The number of hydrogen-bond acceptors (Lipinski definition) is 5. The summed E-state index contributed by atoms with van der Waals surface area (Å²) in [5.41, 5.74) is 0.118. The number of hydrogen-bond donors (Lipinski definition) is 2. The molecule has 0 saturated carbocycles. The van der Waals surface area contributed by atoms with E-state index in [2.05, 4.69) is 10.2 Å². The Bertz CT molecular complexity index is 146. The summed E-state index contributed by atoms with van der Waals surface area (Å²) in [4.78, 5) is 0. The average Bonchev–Trinajstić information content (AvgIpc) is 1.68.